The number of methoxy groups -OCH3 is 1. The molecular formula is C24H24N6O4. The van der Waals surface area contributed by atoms with Gasteiger partial charge in [0.15, 0.2) is 0 Å². The van der Waals surface area contributed by atoms with Crippen molar-refractivity contribution in [3.8, 4) is 23.4 Å². The summed E-state index contributed by atoms with van der Waals surface area (Å²) >= 11 is 0. The van der Waals surface area contributed by atoms with Crippen LogP contribution in [0.5, 0.6) is 17.4 Å². The van der Waals surface area contributed by atoms with Crippen molar-refractivity contribution < 1.29 is 19.0 Å². The number of fused-ring (bicyclic) bond motifs is 1. The van der Waals surface area contributed by atoms with E-state index in [4.69, 9.17) is 14.2 Å². The molecule has 1 saturated heterocycles. The average molecular weight is 460 g/mol. The Hall–Kier alpha value is -4.26. The summed E-state index contributed by atoms with van der Waals surface area (Å²) in [7, 11) is 3.25. The lowest BCUT2D eigenvalue weighted by molar-refractivity contribution is 0.0761. The molecule has 34 heavy (non-hydrogen) atoms. The van der Waals surface area contributed by atoms with E-state index in [0.717, 1.165) is 23.5 Å². The molecule has 0 spiro atoms. The minimum atomic E-state index is -0.110. The maximum atomic E-state index is 12.8. The van der Waals surface area contributed by atoms with Crippen LogP contribution in [-0.2, 0) is 7.05 Å². The quantitative estimate of drug-likeness (QED) is 0.572. The molecule has 3 aromatic rings. The predicted octanol–water partition coefficient (Wildman–Crippen LogP) is 2.52. The number of hydrogen-bond donors (Lipinski definition) is 0. The molecule has 10 nitrogen and oxygen atoms in total. The number of hydrogen-bond acceptors (Lipinski definition) is 8. The van der Waals surface area contributed by atoms with Gasteiger partial charge in [-0.15, -0.1) is 0 Å². The first-order valence-corrected chi connectivity index (χ1v) is 11.0. The number of aryl methyl sites for hydroxylation is 1. The molecular weight excluding hydrogens is 436 g/mol. The van der Waals surface area contributed by atoms with Crippen LogP contribution < -0.4 is 19.1 Å². The van der Waals surface area contributed by atoms with Crippen molar-refractivity contribution in [3.05, 3.63) is 54.0 Å². The Bertz CT molecular complexity index is 1270. The van der Waals surface area contributed by atoms with Crippen LogP contribution in [0.1, 0.15) is 22.5 Å². The molecule has 1 amide bonds. The van der Waals surface area contributed by atoms with E-state index in [1.807, 2.05) is 23.1 Å². The highest BCUT2D eigenvalue weighted by molar-refractivity contribution is 5.92. The Morgan fingerprint density at radius 3 is 2.91 bits per heavy atom. The zero-order valence-electron chi connectivity index (χ0n) is 19.0. The predicted molar refractivity (Wildman–Crippen MR) is 123 cm³/mol. The van der Waals surface area contributed by atoms with Gasteiger partial charge in [0, 0.05) is 32.3 Å². The van der Waals surface area contributed by atoms with E-state index in [9.17, 15) is 10.1 Å². The molecule has 4 heterocycles. The Morgan fingerprint density at radius 1 is 1.26 bits per heavy atom. The number of nitriles is 1. The largest absolute Gasteiger partial charge is 0.490 e. The molecule has 2 aromatic heterocycles. The van der Waals surface area contributed by atoms with Crippen LogP contribution in [0, 0.1) is 11.3 Å². The minimum absolute atomic E-state index is 0.0450. The molecule has 2 aliphatic rings. The average Bonchev–Trinajstić information content (AvgIpc) is 3.51. The summed E-state index contributed by atoms with van der Waals surface area (Å²) < 4.78 is 18.8. The van der Waals surface area contributed by atoms with E-state index >= 15 is 0 Å². The Balaban J connectivity index is 1.33. The molecule has 10 heteroatoms. The lowest BCUT2D eigenvalue weighted by Crippen LogP contribution is -2.32. The zero-order chi connectivity index (χ0) is 23.7. The fraction of sp³-hybridized carbons (Fsp3) is 0.333. The van der Waals surface area contributed by atoms with Crippen molar-refractivity contribution >= 4 is 17.3 Å². The van der Waals surface area contributed by atoms with Crippen LogP contribution in [0.25, 0.3) is 0 Å². The summed E-state index contributed by atoms with van der Waals surface area (Å²) in [5.74, 6) is 1.67. The van der Waals surface area contributed by atoms with Crippen LogP contribution in [-0.4, -0.2) is 65.0 Å². The third-order valence-electron chi connectivity index (χ3n) is 6.03. The van der Waals surface area contributed by atoms with E-state index in [2.05, 4.69) is 16.2 Å². The van der Waals surface area contributed by atoms with E-state index < -0.39 is 0 Å². The van der Waals surface area contributed by atoms with Gasteiger partial charge in [-0.05, 0) is 24.3 Å². The summed E-state index contributed by atoms with van der Waals surface area (Å²) in [5, 5.41) is 13.5. The first kappa shape index (κ1) is 21.6. The van der Waals surface area contributed by atoms with Crippen LogP contribution in [0.4, 0.5) is 11.4 Å². The molecule has 0 saturated carbocycles. The summed E-state index contributed by atoms with van der Waals surface area (Å²) in [6.45, 7) is 2.25. The van der Waals surface area contributed by atoms with Gasteiger partial charge in [-0.1, -0.05) is 0 Å². The topological polar surface area (TPSA) is 106 Å². The molecule has 174 valence electrons. The fourth-order valence-electron chi connectivity index (χ4n) is 4.32. The van der Waals surface area contributed by atoms with Crippen molar-refractivity contribution in [1.82, 2.24) is 19.7 Å². The van der Waals surface area contributed by atoms with Crippen LogP contribution in [0.2, 0.25) is 0 Å². The van der Waals surface area contributed by atoms with Gasteiger partial charge in [0.05, 0.1) is 37.8 Å². The Labute approximate surface area is 196 Å². The Kier molecular flexibility index (Phi) is 5.67. The van der Waals surface area contributed by atoms with Crippen molar-refractivity contribution in [2.24, 2.45) is 7.05 Å². The van der Waals surface area contributed by atoms with Gasteiger partial charge in [-0.2, -0.15) is 10.4 Å². The molecule has 0 radical (unpaired) electrons. The van der Waals surface area contributed by atoms with Gasteiger partial charge < -0.3 is 24.0 Å². The van der Waals surface area contributed by atoms with E-state index in [1.54, 1.807) is 41.2 Å². The molecule has 1 atom stereocenters. The summed E-state index contributed by atoms with van der Waals surface area (Å²) in [6.07, 6.45) is 3.94. The molecule has 0 N–H and O–H groups in total. The molecule has 0 aliphatic carbocycles. The fourth-order valence-corrected chi connectivity index (χ4v) is 4.32. The maximum Gasteiger partial charge on any atom is 0.272 e. The number of ether oxygens (including phenoxy) is 3. The molecule has 0 unspecified atom stereocenters. The van der Waals surface area contributed by atoms with E-state index in [-0.39, 0.29) is 12.0 Å². The number of likely N-dealkylation sites (tertiary alicyclic amines) is 1. The lowest BCUT2D eigenvalue weighted by atomic mass is 10.2. The highest BCUT2D eigenvalue weighted by Crippen LogP contribution is 2.40. The van der Waals surface area contributed by atoms with Gasteiger partial charge in [0.1, 0.15) is 41.5 Å². The SMILES string of the molecule is COc1ncc(N2CCOc3ccc(O[C@H]4CCN(C(=O)c5ccnn5C)C4)cc32)cc1C#N. The number of amides is 1. The molecule has 1 aromatic carbocycles. The van der Waals surface area contributed by atoms with Crippen LogP contribution in [0.3, 0.4) is 0 Å². The maximum absolute atomic E-state index is 12.8. The number of carbonyl (C=O) groups excluding carboxylic acids is 1. The molecule has 0 bridgehead atoms. The standard InChI is InChI=1S/C24H24N6O4/c1-28-20(5-7-27-28)24(31)29-8-6-19(15-29)34-18-3-4-22-21(12-18)30(9-10-33-22)17-11-16(13-25)23(32-2)26-14-17/h3-5,7,11-12,14,19H,6,8-10,15H2,1-2H3/t19-/m0/s1. The van der Waals surface area contributed by atoms with E-state index in [0.29, 0.717) is 49.1 Å². The number of nitrogens with zero attached hydrogens (tertiary/aromatic N) is 6. The number of anilines is 2. The van der Waals surface area contributed by atoms with Crippen molar-refractivity contribution in [1.29, 1.82) is 5.26 Å². The molecule has 5 rings (SSSR count). The van der Waals surface area contributed by atoms with Gasteiger partial charge in [0.25, 0.3) is 5.91 Å². The highest BCUT2D eigenvalue weighted by Gasteiger charge is 2.30. The zero-order valence-corrected chi connectivity index (χ0v) is 19.0. The lowest BCUT2D eigenvalue weighted by Gasteiger charge is -2.31. The van der Waals surface area contributed by atoms with Crippen LogP contribution in [0.15, 0.2) is 42.7 Å². The Morgan fingerprint density at radius 2 is 2.15 bits per heavy atom. The molecule has 1 fully saturated rings. The number of benzene rings is 1. The second-order valence-corrected chi connectivity index (χ2v) is 8.11. The summed E-state index contributed by atoms with van der Waals surface area (Å²) in [6, 6.07) is 11.3. The van der Waals surface area contributed by atoms with Gasteiger partial charge in [0.2, 0.25) is 5.88 Å². The first-order valence-electron chi connectivity index (χ1n) is 11.0. The third kappa shape index (κ3) is 3.96. The van der Waals surface area contributed by atoms with Crippen molar-refractivity contribution in [2.75, 3.05) is 38.3 Å². The summed E-state index contributed by atoms with van der Waals surface area (Å²) in [5.41, 5.74) is 2.53. The van der Waals surface area contributed by atoms with Crippen LogP contribution >= 0.6 is 0 Å². The van der Waals surface area contributed by atoms with E-state index in [1.165, 1.54) is 7.11 Å². The number of carbonyl (C=O) groups is 1. The number of rotatable bonds is 5. The summed E-state index contributed by atoms with van der Waals surface area (Å²) in [4.78, 5) is 20.9. The van der Waals surface area contributed by atoms with Gasteiger partial charge in [-0.25, -0.2) is 4.98 Å². The monoisotopic (exact) mass is 460 g/mol. The highest BCUT2D eigenvalue weighted by atomic mass is 16.5. The normalized spacial score (nSPS) is 17.0. The first-order chi connectivity index (χ1) is 16.6. The minimum Gasteiger partial charge on any atom is -0.490 e. The smallest absolute Gasteiger partial charge is 0.272 e. The second-order valence-electron chi connectivity index (χ2n) is 8.11. The van der Waals surface area contributed by atoms with Crippen molar-refractivity contribution in [3.63, 3.8) is 0 Å². The van der Waals surface area contributed by atoms with Gasteiger partial charge >= 0.3 is 0 Å². The number of pyridine rings is 1. The number of aromatic nitrogens is 3. The molecule has 2 aliphatic heterocycles. The van der Waals surface area contributed by atoms with Gasteiger partial charge in [-0.3, -0.25) is 9.48 Å². The third-order valence-corrected chi connectivity index (χ3v) is 6.03. The second kappa shape index (κ2) is 8.94. The van der Waals surface area contributed by atoms with Crippen molar-refractivity contribution in [2.45, 2.75) is 12.5 Å².